The molecule has 0 saturated carbocycles. The van der Waals surface area contributed by atoms with E-state index in [4.69, 9.17) is 9.84 Å². The molecule has 2 rings (SSSR count). The lowest BCUT2D eigenvalue weighted by atomic mass is 9.92. The van der Waals surface area contributed by atoms with Gasteiger partial charge in [-0.1, -0.05) is 32.9 Å². The third-order valence-electron chi connectivity index (χ3n) is 4.41. The number of hydrogen-bond donors (Lipinski definition) is 2. The van der Waals surface area contributed by atoms with E-state index in [0.717, 1.165) is 5.56 Å². The van der Waals surface area contributed by atoms with Gasteiger partial charge in [-0.05, 0) is 30.0 Å². The fourth-order valence-corrected chi connectivity index (χ4v) is 3.27. The molecule has 0 aliphatic carbocycles. The van der Waals surface area contributed by atoms with Crippen molar-refractivity contribution in [1.29, 1.82) is 0 Å². The van der Waals surface area contributed by atoms with E-state index in [1.165, 1.54) is 0 Å². The molecule has 1 aromatic rings. The number of rotatable bonds is 10. The first kappa shape index (κ1) is 21.0. The van der Waals surface area contributed by atoms with Gasteiger partial charge in [0.25, 0.3) is 5.91 Å². The topological polar surface area (TPSA) is 87.1 Å². The van der Waals surface area contributed by atoms with Gasteiger partial charge in [0.1, 0.15) is 5.75 Å². The first-order chi connectivity index (χ1) is 12.9. The molecule has 0 aromatic heterocycles. The van der Waals surface area contributed by atoms with Crippen molar-refractivity contribution >= 4 is 11.7 Å². The van der Waals surface area contributed by atoms with Gasteiger partial charge in [-0.2, -0.15) is 0 Å². The molecule has 0 radical (unpaired) electrons. The number of aliphatic hydroxyl groups is 2. The molecule has 1 aliphatic heterocycles. The average molecular weight is 375 g/mol. The minimum atomic E-state index is -0.606. The molecule has 1 aromatic carbocycles. The van der Waals surface area contributed by atoms with Crippen molar-refractivity contribution in [2.45, 2.75) is 46.1 Å². The zero-order valence-electron chi connectivity index (χ0n) is 16.3. The van der Waals surface area contributed by atoms with Gasteiger partial charge in [0, 0.05) is 26.0 Å². The van der Waals surface area contributed by atoms with E-state index in [-0.39, 0.29) is 30.3 Å². The van der Waals surface area contributed by atoms with E-state index in [0.29, 0.717) is 31.7 Å². The summed E-state index contributed by atoms with van der Waals surface area (Å²) in [6.45, 7) is 6.68. The molecular formula is C21H29NO5. The van der Waals surface area contributed by atoms with Crippen molar-refractivity contribution in [3.63, 3.8) is 0 Å². The molecule has 6 heteroatoms. The van der Waals surface area contributed by atoms with Crippen LogP contribution in [0.25, 0.3) is 0 Å². The van der Waals surface area contributed by atoms with Crippen LogP contribution < -0.4 is 4.74 Å². The van der Waals surface area contributed by atoms with Gasteiger partial charge < -0.3 is 19.8 Å². The molecule has 0 bridgehead atoms. The van der Waals surface area contributed by atoms with Crippen molar-refractivity contribution in [2.24, 2.45) is 5.92 Å². The predicted octanol–water partition coefficient (Wildman–Crippen LogP) is 3.17. The summed E-state index contributed by atoms with van der Waals surface area (Å²) in [6, 6.07) is 6.61. The van der Waals surface area contributed by atoms with Crippen molar-refractivity contribution in [1.82, 2.24) is 4.90 Å². The van der Waals surface area contributed by atoms with Gasteiger partial charge in [0.05, 0.1) is 18.2 Å². The number of aliphatic hydroxyl groups excluding tert-OH is 2. The maximum absolute atomic E-state index is 12.8. The highest BCUT2D eigenvalue weighted by molar-refractivity contribution is 6.09. The van der Waals surface area contributed by atoms with E-state index in [2.05, 4.69) is 0 Å². The fraction of sp³-hybridized carbons (Fsp3) is 0.524. The van der Waals surface area contributed by atoms with Crippen LogP contribution in [0.3, 0.4) is 0 Å². The molecule has 2 N–H and O–H groups in total. The van der Waals surface area contributed by atoms with E-state index >= 15 is 0 Å². The molecule has 148 valence electrons. The zero-order chi connectivity index (χ0) is 20.0. The minimum absolute atomic E-state index is 0.0472. The maximum Gasteiger partial charge on any atom is 0.290 e. The molecule has 0 spiro atoms. The van der Waals surface area contributed by atoms with Gasteiger partial charge in [0.15, 0.2) is 11.5 Å². The SMILES string of the molecule is CCCN1C(=O)C(O)=C(C(=O)CC(C)C)C1c1cccc(OCCCO)c1. The van der Waals surface area contributed by atoms with Crippen LogP contribution in [0.15, 0.2) is 35.6 Å². The molecule has 1 amide bonds. The molecule has 0 fully saturated rings. The van der Waals surface area contributed by atoms with Gasteiger partial charge >= 0.3 is 0 Å². The number of benzene rings is 1. The third kappa shape index (κ3) is 4.89. The second-order valence-electron chi connectivity index (χ2n) is 7.18. The number of carbonyl (C=O) groups excluding carboxylic acids is 2. The molecule has 0 saturated heterocycles. The Bertz CT molecular complexity index is 710. The highest BCUT2D eigenvalue weighted by Gasteiger charge is 2.42. The number of nitrogens with zero attached hydrogens (tertiary/aromatic N) is 1. The Balaban J connectivity index is 2.40. The Kier molecular flexibility index (Phi) is 7.42. The molecule has 27 heavy (non-hydrogen) atoms. The van der Waals surface area contributed by atoms with Crippen LogP contribution in [0.2, 0.25) is 0 Å². The monoisotopic (exact) mass is 375 g/mol. The largest absolute Gasteiger partial charge is 0.503 e. The molecule has 1 heterocycles. The van der Waals surface area contributed by atoms with Crippen LogP contribution >= 0.6 is 0 Å². The van der Waals surface area contributed by atoms with Crippen LogP contribution in [0.1, 0.15) is 51.6 Å². The second-order valence-corrected chi connectivity index (χ2v) is 7.18. The van der Waals surface area contributed by atoms with Crippen LogP contribution in [-0.2, 0) is 9.59 Å². The first-order valence-corrected chi connectivity index (χ1v) is 9.51. The molecule has 1 unspecified atom stereocenters. The van der Waals surface area contributed by atoms with Crippen molar-refractivity contribution < 1.29 is 24.5 Å². The molecule has 1 aliphatic rings. The fourth-order valence-electron chi connectivity index (χ4n) is 3.27. The number of carbonyl (C=O) groups is 2. The molecular weight excluding hydrogens is 346 g/mol. The summed E-state index contributed by atoms with van der Waals surface area (Å²) >= 11 is 0. The highest BCUT2D eigenvalue weighted by atomic mass is 16.5. The number of amides is 1. The van der Waals surface area contributed by atoms with Gasteiger partial charge in [-0.15, -0.1) is 0 Å². The standard InChI is InChI=1S/C21H29NO5/c1-4-9-22-19(15-7-5-8-16(13-15)27-11-6-10-23)18(20(25)21(22)26)17(24)12-14(2)3/h5,7-8,13-14,19,23,25H,4,6,9-12H2,1-3H3. The van der Waals surface area contributed by atoms with Crippen molar-refractivity contribution in [2.75, 3.05) is 19.8 Å². The lowest BCUT2D eigenvalue weighted by Crippen LogP contribution is -2.31. The van der Waals surface area contributed by atoms with E-state index in [9.17, 15) is 14.7 Å². The molecule has 1 atom stereocenters. The van der Waals surface area contributed by atoms with E-state index in [1.807, 2.05) is 26.8 Å². The quantitative estimate of drug-likeness (QED) is 0.614. The lowest BCUT2D eigenvalue weighted by molar-refractivity contribution is -0.129. The second kappa shape index (κ2) is 9.55. The van der Waals surface area contributed by atoms with Crippen LogP contribution in [-0.4, -0.2) is 46.6 Å². The van der Waals surface area contributed by atoms with Crippen LogP contribution in [0, 0.1) is 5.92 Å². The average Bonchev–Trinajstić information content (AvgIpc) is 2.87. The Hall–Kier alpha value is -2.34. The Morgan fingerprint density at radius 1 is 1.33 bits per heavy atom. The van der Waals surface area contributed by atoms with E-state index in [1.54, 1.807) is 23.1 Å². The summed E-state index contributed by atoms with van der Waals surface area (Å²) < 4.78 is 5.63. The number of ketones is 1. The zero-order valence-corrected chi connectivity index (χ0v) is 16.3. The molecule has 6 nitrogen and oxygen atoms in total. The summed E-state index contributed by atoms with van der Waals surface area (Å²) in [7, 11) is 0. The number of ether oxygens (including phenoxy) is 1. The van der Waals surface area contributed by atoms with E-state index < -0.39 is 17.7 Å². The summed E-state index contributed by atoms with van der Waals surface area (Å²) in [6.07, 6.45) is 1.51. The summed E-state index contributed by atoms with van der Waals surface area (Å²) in [5, 5.41) is 19.3. The maximum atomic E-state index is 12.8. The predicted molar refractivity (Wildman–Crippen MR) is 103 cm³/mol. The normalized spacial score (nSPS) is 17.1. The summed E-state index contributed by atoms with van der Waals surface area (Å²) in [5.41, 5.74) is 0.907. The number of Topliss-reactive ketones (excluding diaryl/α,β-unsaturated/α-hetero) is 1. The lowest BCUT2D eigenvalue weighted by Gasteiger charge is -2.27. The van der Waals surface area contributed by atoms with Crippen molar-refractivity contribution in [3.8, 4) is 5.75 Å². The van der Waals surface area contributed by atoms with Crippen LogP contribution in [0.5, 0.6) is 5.75 Å². The summed E-state index contributed by atoms with van der Waals surface area (Å²) in [4.78, 5) is 26.9. The Morgan fingerprint density at radius 3 is 2.70 bits per heavy atom. The Labute approximate surface area is 160 Å². The van der Waals surface area contributed by atoms with Gasteiger partial charge in [-0.25, -0.2) is 0 Å². The smallest absolute Gasteiger partial charge is 0.290 e. The van der Waals surface area contributed by atoms with Crippen LogP contribution in [0.4, 0.5) is 0 Å². The van der Waals surface area contributed by atoms with Gasteiger partial charge in [-0.3, -0.25) is 9.59 Å². The summed E-state index contributed by atoms with van der Waals surface area (Å²) in [5.74, 6) is -0.411. The first-order valence-electron chi connectivity index (χ1n) is 9.51. The number of hydrogen-bond acceptors (Lipinski definition) is 5. The van der Waals surface area contributed by atoms with Crippen molar-refractivity contribution in [3.05, 3.63) is 41.2 Å². The third-order valence-corrected chi connectivity index (χ3v) is 4.41. The highest BCUT2D eigenvalue weighted by Crippen LogP contribution is 2.39. The minimum Gasteiger partial charge on any atom is -0.503 e. The van der Waals surface area contributed by atoms with Gasteiger partial charge in [0.2, 0.25) is 0 Å². The Morgan fingerprint density at radius 2 is 2.07 bits per heavy atom.